The van der Waals surface area contributed by atoms with Gasteiger partial charge in [-0.1, -0.05) is 34.1 Å². The number of pyridine rings is 1. The molecule has 206 valence electrons. The molecular weight excluding hydrogens is 466 g/mol. The van der Waals surface area contributed by atoms with E-state index in [2.05, 4.69) is 32.7 Å². The molecule has 6 nitrogen and oxygen atoms in total. The number of nitrogens with zero attached hydrogens (tertiary/aromatic N) is 1. The summed E-state index contributed by atoms with van der Waals surface area (Å²) in [5.74, 6) is 2.40. The zero-order chi connectivity index (χ0) is 26.5. The molecule has 0 aromatic carbocycles. The lowest BCUT2D eigenvalue weighted by Crippen LogP contribution is -2.62. The Morgan fingerprint density at radius 2 is 1.84 bits per heavy atom. The van der Waals surface area contributed by atoms with E-state index in [9.17, 15) is 20.1 Å². The highest BCUT2D eigenvalue weighted by molar-refractivity contribution is 5.90. The van der Waals surface area contributed by atoms with Crippen LogP contribution in [0.4, 0.5) is 0 Å². The van der Waals surface area contributed by atoms with Crippen LogP contribution in [0.1, 0.15) is 95.8 Å². The van der Waals surface area contributed by atoms with Crippen LogP contribution >= 0.6 is 0 Å². The van der Waals surface area contributed by atoms with Crippen molar-refractivity contribution in [2.45, 2.75) is 97.7 Å². The van der Waals surface area contributed by atoms with Gasteiger partial charge in [0.25, 0.3) is 0 Å². The topological polar surface area (TPSA) is 99.9 Å². The van der Waals surface area contributed by atoms with Gasteiger partial charge in [-0.25, -0.2) is 9.78 Å². The van der Waals surface area contributed by atoms with Crippen LogP contribution in [0.15, 0.2) is 18.3 Å². The van der Waals surface area contributed by atoms with E-state index in [0.29, 0.717) is 42.1 Å². The van der Waals surface area contributed by atoms with Gasteiger partial charge in [0, 0.05) is 6.20 Å². The summed E-state index contributed by atoms with van der Waals surface area (Å²) in [6, 6.07) is 3.15. The second-order valence-electron chi connectivity index (χ2n) is 13.4. The fourth-order valence-electron chi connectivity index (χ4n) is 10.1. The van der Waals surface area contributed by atoms with Crippen LogP contribution in [0.25, 0.3) is 0 Å². The number of hydrogen-bond donors (Lipinski definition) is 3. The van der Waals surface area contributed by atoms with Crippen LogP contribution in [0.5, 0.6) is 5.88 Å². The lowest BCUT2D eigenvalue weighted by Gasteiger charge is -2.64. The minimum absolute atomic E-state index is 0.111. The second kappa shape index (κ2) is 10.1. The lowest BCUT2D eigenvalue weighted by molar-refractivity contribution is -0.203. The highest BCUT2D eigenvalue weighted by Gasteiger charge is 2.64. The molecule has 0 amide bonds. The first kappa shape index (κ1) is 26.9. The van der Waals surface area contributed by atoms with Crippen molar-refractivity contribution >= 4 is 5.97 Å². The maximum atomic E-state index is 11.9. The third kappa shape index (κ3) is 4.40. The van der Waals surface area contributed by atoms with Gasteiger partial charge in [0.05, 0.1) is 18.8 Å². The van der Waals surface area contributed by atoms with Crippen molar-refractivity contribution in [2.24, 2.45) is 52.3 Å². The average molecular weight is 514 g/mol. The molecule has 1 aromatic rings. The van der Waals surface area contributed by atoms with Crippen LogP contribution in [0.3, 0.4) is 0 Å². The minimum atomic E-state index is -1.01. The van der Waals surface area contributed by atoms with Crippen molar-refractivity contribution in [1.82, 2.24) is 4.98 Å². The van der Waals surface area contributed by atoms with Crippen molar-refractivity contribution in [1.29, 1.82) is 0 Å². The van der Waals surface area contributed by atoms with E-state index >= 15 is 0 Å². The average Bonchev–Trinajstić information content (AvgIpc) is 3.22. The first-order chi connectivity index (χ1) is 17.6. The van der Waals surface area contributed by atoms with E-state index in [1.165, 1.54) is 31.7 Å². The zero-order valence-corrected chi connectivity index (χ0v) is 23.1. The number of hydrogen-bond acceptors (Lipinski definition) is 5. The summed E-state index contributed by atoms with van der Waals surface area (Å²) in [6.45, 7) is 10.0. The Morgan fingerprint density at radius 3 is 2.57 bits per heavy atom. The van der Waals surface area contributed by atoms with Crippen LogP contribution in [-0.4, -0.2) is 45.1 Å². The van der Waals surface area contributed by atoms with Gasteiger partial charge < -0.3 is 20.1 Å². The molecule has 0 saturated heterocycles. The van der Waals surface area contributed by atoms with Crippen molar-refractivity contribution in [3.8, 4) is 5.88 Å². The van der Waals surface area contributed by atoms with E-state index < -0.39 is 5.97 Å². The third-order valence-corrected chi connectivity index (χ3v) is 12.0. The Balaban J connectivity index is 1.30. The van der Waals surface area contributed by atoms with Gasteiger partial charge in [0.1, 0.15) is 5.56 Å². The summed E-state index contributed by atoms with van der Waals surface area (Å²) < 4.78 is 5.86. The number of ether oxygens (including phenoxy) is 1. The summed E-state index contributed by atoms with van der Waals surface area (Å²) in [6.07, 6.45) is 10.6. The fraction of sp³-hybridized carbons (Fsp3) is 0.806. The molecule has 3 N–H and O–H groups in total. The van der Waals surface area contributed by atoms with Crippen molar-refractivity contribution in [3.63, 3.8) is 0 Å². The quantitative estimate of drug-likeness (QED) is 0.425. The molecule has 4 fully saturated rings. The summed E-state index contributed by atoms with van der Waals surface area (Å²) in [4.78, 5) is 15.6. The Bertz CT molecular complexity index is 984. The first-order valence-electron chi connectivity index (χ1n) is 14.8. The van der Waals surface area contributed by atoms with E-state index in [1.54, 1.807) is 12.3 Å². The number of carboxylic acid groups (broad SMARTS) is 1. The summed E-state index contributed by atoms with van der Waals surface area (Å²) in [5, 5.41) is 31.8. The van der Waals surface area contributed by atoms with Gasteiger partial charge in [-0.05, 0) is 116 Å². The summed E-state index contributed by atoms with van der Waals surface area (Å²) in [5.41, 5.74) is 0.557. The fourth-order valence-corrected chi connectivity index (χ4v) is 10.1. The number of carbonyl (C=O) groups is 1. The molecule has 4 saturated carbocycles. The SMILES string of the molecule is CC[C@H]1[C@@H](O)[C@@H]2[C@H](CC[C@]3(C)[C@@H]([C@H](C)CCOc4ncccc4C(=O)O)CC[C@@H]23)[C@@]2(C)CC[C@@H](O)C[C@@H]12. The van der Waals surface area contributed by atoms with E-state index in [1.807, 2.05) is 0 Å². The van der Waals surface area contributed by atoms with Crippen LogP contribution < -0.4 is 4.74 Å². The Labute approximate surface area is 222 Å². The largest absolute Gasteiger partial charge is 0.477 e. The molecule has 1 aromatic heterocycles. The normalized spacial score (nSPS) is 43.8. The molecule has 37 heavy (non-hydrogen) atoms. The van der Waals surface area contributed by atoms with E-state index in [-0.39, 0.29) is 40.4 Å². The van der Waals surface area contributed by atoms with Crippen LogP contribution in [0.2, 0.25) is 0 Å². The van der Waals surface area contributed by atoms with Gasteiger partial charge in [0.15, 0.2) is 0 Å². The van der Waals surface area contributed by atoms with Crippen molar-refractivity contribution < 1.29 is 24.9 Å². The molecule has 4 aliphatic carbocycles. The maximum Gasteiger partial charge on any atom is 0.341 e. The number of aliphatic hydroxyl groups is 2. The summed E-state index contributed by atoms with van der Waals surface area (Å²) >= 11 is 0. The molecule has 0 spiro atoms. The number of rotatable bonds is 7. The predicted octanol–water partition coefficient (Wildman–Crippen LogP) is 5.81. The maximum absolute atomic E-state index is 11.9. The van der Waals surface area contributed by atoms with Gasteiger partial charge in [-0.15, -0.1) is 0 Å². The molecule has 0 unspecified atom stereocenters. The Hall–Kier alpha value is -1.66. The molecule has 5 rings (SSSR count). The number of aliphatic hydroxyl groups excluding tert-OH is 2. The van der Waals surface area contributed by atoms with Crippen LogP contribution in [-0.2, 0) is 0 Å². The lowest BCUT2D eigenvalue weighted by atomic mass is 9.41. The monoisotopic (exact) mass is 513 g/mol. The molecular formula is C31H47NO5. The summed E-state index contributed by atoms with van der Waals surface area (Å²) in [7, 11) is 0. The standard InChI is InChI=1S/C31H47NO5/c1-5-20-25-17-19(33)10-13-31(25,4)24-11-14-30(3)22(8-9-23(30)26(24)27(20)34)18(2)12-16-37-28-21(29(35)36)7-6-15-32-28/h6-7,15,18-20,22-27,33-34H,5,8-14,16-17H2,1-4H3,(H,35,36)/t18-,19-,20-,22-,23+,24+,25+,26+,27-,30-,31-/m1/s1. The minimum Gasteiger partial charge on any atom is -0.477 e. The molecule has 0 radical (unpaired) electrons. The van der Waals surface area contributed by atoms with E-state index in [0.717, 1.165) is 32.1 Å². The molecule has 4 aliphatic rings. The molecule has 0 aliphatic heterocycles. The number of carboxylic acids is 1. The molecule has 1 heterocycles. The molecule has 11 atom stereocenters. The van der Waals surface area contributed by atoms with Gasteiger partial charge in [0.2, 0.25) is 5.88 Å². The Kier molecular flexibility index (Phi) is 7.38. The van der Waals surface area contributed by atoms with Crippen LogP contribution in [0, 0.1) is 52.3 Å². The predicted molar refractivity (Wildman–Crippen MR) is 142 cm³/mol. The molecule has 6 heteroatoms. The first-order valence-corrected chi connectivity index (χ1v) is 14.8. The third-order valence-electron chi connectivity index (χ3n) is 12.0. The van der Waals surface area contributed by atoms with Gasteiger partial charge >= 0.3 is 5.97 Å². The smallest absolute Gasteiger partial charge is 0.341 e. The number of aromatic carboxylic acids is 1. The number of fused-ring (bicyclic) bond motifs is 5. The zero-order valence-electron chi connectivity index (χ0n) is 23.1. The van der Waals surface area contributed by atoms with Crippen molar-refractivity contribution in [3.05, 3.63) is 23.9 Å². The highest BCUT2D eigenvalue weighted by Crippen LogP contribution is 2.69. The van der Waals surface area contributed by atoms with Gasteiger partial charge in [-0.3, -0.25) is 0 Å². The highest BCUT2D eigenvalue weighted by atomic mass is 16.5. The Morgan fingerprint density at radius 1 is 1.11 bits per heavy atom. The van der Waals surface area contributed by atoms with Gasteiger partial charge in [-0.2, -0.15) is 0 Å². The second-order valence-corrected chi connectivity index (χ2v) is 13.4. The van der Waals surface area contributed by atoms with Crippen molar-refractivity contribution in [2.75, 3.05) is 6.61 Å². The van der Waals surface area contributed by atoms with E-state index in [4.69, 9.17) is 4.74 Å². The molecule has 0 bridgehead atoms. The number of aromatic nitrogens is 1.